The van der Waals surface area contributed by atoms with Crippen molar-refractivity contribution in [1.29, 1.82) is 0 Å². The molecule has 9 heteroatoms. The predicted octanol–water partition coefficient (Wildman–Crippen LogP) is 5.26. The SMILES string of the molecule is CC(C)c1c(-c2cc(F)cc(F)c2F)nc2n1CCN(C(=O)CN)C2(C)C.Cc1ccc(F)cc1. The zero-order chi connectivity index (χ0) is 26.1. The fourth-order valence-electron chi connectivity index (χ4n) is 4.35. The van der Waals surface area contributed by atoms with Crippen LogP contribution in [0, 0.1) is 30.2 Å². The summed E-state index contributed by atoms with van der Waals surface area (Å²) in [5, 5.41) is 0. The predicted molar refractivity (Wildman–Crippen MR) is 127 cm³/mol. The highest BCUT2D eigenvalue weighted by Crippen LogP contribution is 2.39. The number of fused-ring (bicyclic) bond motifs is 1. The van der Waals surface area contributed by atoms with Crippen molar-refractivity contribution in [2.24, 2.45) is 5.73 Å². The molecule has 1 aromatic heterocycles. The molecule has 2 aromatic carbocycles. The molecule has 35 heavy (non-hydrogen) atoms. The second-order valence-electron chi connectivity index (χ2n) is 9.33. The first-order chi connectivity index (χ1) is 16.4. The van der Waals surface area contributed by atoms with Gasteiger partial charge in [0.05, 0.1) is 17.8 Å². The second kappa shape index (κ2) is 10.2. The second-order valence-corrected chi connectivity index (χ2v) is 9.33. The van der Waals surface area contributed by atoms with Gasteiger partial charge in [-0.05, 0) is 44.9 Å². The van der Waals surface area contributed by atoms with E-state index in [1.54, 1.807) is 17.0 Å². The third kappa shape index (κ3) is 5.24. The average Bonchev–Trinajstić information content (AvgIpc) is 3.19. The van der Waals surface area contributed by atoms with E-state index in [4.69, 9.17) is 5.73 Å². The number of amides is 1. The van der Waals surface area contributed by atoms with Crippen molar-refractivity contribution in [2.45, 2.75) is 52.6 Å². The smallest absolute Gasteiger partial charge is 0.237 e. The molecule has 0 radical (unpaired) electrons. The van der Waals surface area contributed by atoms with Gasteiger partial charge < -0.3 is 15.2 Å². The van der Waals surface area contributed by atoms with E-state index in [1.165, 1.54) is 12.1 Å². The van der Waals surface area contributed by atoms with Crippen LogP contribution in [0.3, 0.4) is 0 Å². The Morgan fingerprint density at radius 1 is 1.06 bits per heavy atom. The molecule has 0 spiro atoms. The Labute approximate surface area is 202 Å². The van der Waals surface area contributed by atoms with E-state index in [-0.39, 0.29) is 35.4 Å². The number of aromatic nitrogens is 2. The van der Waals surface area contributed by atoms with Crippen molar-refractivity contribution in [3.63, 3.8) is 0 Å². The van der Waals surface area contributed by atoms with Gasteiger partial charge in [-0.25, -0.2) is 22.5 Å². The molecule has 0 saturated carbocycles. The summed E-state index contributed by atoms with van der Waals surface area (Å²) in [6.45, 7) is 10.1. The Bertz CT molecular complexity index is 1200. The molecule has 1 aliphatic heterocycles. The number of hydrogen-bond donors (Lipinski definition) is 1. The minimum Gasteiger partial charge on any atom is -0.327 e. The molecular formula is C26H30F4N4O. The molecule has 0 saturated heterocycles. The van der Waals surface area contributed by atoms with Crippen LogP contribution >= 0.6 is 0 Å². The van der Waals surface area contributed by atoms with Crippen LogP contribution in [-0.4, -0.2) is 33.4 Å². The number of benzene rings is 2. The molecule has 0 unspecified atom stereocenters. The van der Waals surface area contributed by atoms with Gasteiger partial charge in [-0.2, -0.15) is 0 Å². The van der Waals surface area contributed by atoms with E-state index in [0.29, 0.717) is 30.7 Å². The maximum Gasteiger partial charge on any atom is 0.237 e. The van der Waals surface area contributed by atoms with E-state index < -0.39 is 23.0 Å². The molecule has 188 valence electrons. The number of imidazole rings is 1. The topological polar surface area (TPSA) is 64.2 Å². The van der Waals surface area contributed by atoms with Gasteiger partial charge in [-0.1, -0.05) is 31.5 Å². The summed E-state index contributed by atoms with van der Waals surface area (Å²) in [5.41, 5.74) is 6.48. The molecule has 0 bridgehead atoms. The molecule has 2 N–H and O–H groups in total. The van der Waals surface area contributed by atoms with E-state index in [9.17, 15) is 22.4 Å². The van der Waals surface area contributed by atoms with Crippen LogP contribution in [0.1, 0.15) is 50.7 Å². The summed E-state index contributed by atoms with van der Waals surface area (Å²) < 4.78 is 56.0. The van der Waals surface area contributed by atoms with Crippen LogP contribution in [0.15, 0.2) is 36.4 Å². The standard InChI is InChI=1S/C19H23F3N4O.C7H7F/c1-10(2)17-16(12-7-11(20)8-13(21)15(12)22)24-18-19(3,4)26(14(27)9-23)6-5-25(17)18;1-6-2-4-7(8)5-3-6/h7-8,10H,5-6,9,23H2,1-4H3;2-5H,1H3. The number of halogens is 4. The van der Waals surface area contributed by atoms with Crippen LogP contribution in [0.4, 0.5) is 17.6 Å². The molecule has 2 heterocycles. The first-order valence-corrected chi connectivity index (χ1v) is 11.4. The average molecular weight is 491 g/mol. The van der Waals surface area contributed by atoms with Crippen molar-refractivity contribution in [1.82, 2.24) is 14.5 Å². The van der Waals surface area contributed by atoms with Crippen LogP contribution in [-0.2, 0) is 16.9 Å². The zero-order valence-corrected chi connectivity index (χ0v) is 20.5. The normalized spacial score (nSPS) is 14.4. The number of aryl methyl sites for hydroxylation is 1. The highest BCUT2D eigenvalue weighted by atomic mass is 19.2. The van der Waals surface area contributed by atoms with Gasteiger partial charge in [0, 0.05) is 30.4 Å². The fraction of sp³-hybridized carbons (Fsp3) is 0.385. The van der Waals surface area contributed by atoms with E-state index in [2.05, 4.69) is 4.98 Å². The summed E-state index contributed by atoms with van der Waals surface area (Å²) in [5.74, 6) is -3.19. The van der Waals surface area contributed by atoms with Crippen molar-refractivity contribution in [3.05, 3.63) is 76.7 Å². The molecule has 1 amide bonds. The van der Waals surface area contributed by atoms with Gasteiger partial charge in [0.2, 0.25) is 5.91 Å². The Kier molecular flexibility index (Phi) is 7.69. The van der Waals surface area contributed by atoms with Gasteiger partial charge in [0.15, 0.2) is 11.6 Å². The number of nitrogens with two attached hydrogens (primary N) is 1. The molecule has 5 nitrogen and oxygen atoms in total. The number of rotatable bonds is 3. The summed E-state index contributed by atoms with van der Waals surface area (Å²) in [6.07, 6.45) is 0. The lowest BCUT2D eigenvalue weighted by atomic mass is 9.98. The Morgan fingerprint density at radius 3 is 2.23 bits per heavy atom. The molecular weight excluding hydrogens is 460 g/mol. The quantitative estimate of drug-likeness (QED) is 0.402. The lowest BCUT2D eigenvalue weighted by Gasteiger charge is -2.42. The third-order valence-corrected chi connectivity index (χ3v) is 6.06. The minimum absolute atomic E-state index is 0.0699. The summed E-state index contributed by atoms with van der Waals surface area (Å²) >= 11 is 0. The number of nitrogens with zero attached hydrogens (tertiary/aromatic N) is 3. The summed E-state index contributed by atoms with van der Waals surface area (Å²) in [6, 6.07) is 7.86. The van der Waals surface area contributed by atoms with E-state index in [1.807, 2.05) is 39.2 Å². The Morgan fingerprint density at radius 2 is 1.69 bits per heavy atom. The summed E-state index contributed by atoms with van der Waals surface area (Å²) in [4.78, 5) is 18.4. The lowest BCUT2D eigenvalue weighted by molar-refractivity contribution is -0.137. The number of carbonyl (C=O) groups is 1. The molecule has 0 atom stereocenters. The lowest BCUT2D eigenvalue weighted by Crippen LogP contribution is -2.53. The minimum atomic E-state index is -1.26. The fourth-order valence-corrected chi connectivity index (χ4v) is 4.35. The van der Waals surface area contributed by atoms with E-state index >= 15 is 0 Å². The van der Waals surface area contributed by atoms with Gasteiger partial charge in [-0.3, -0.25) is 4.79 Å². The monoisotopic (exact) mass is 490 g/mol. The Balaban J connectivity index is 0.000000363. The summed E-state index contributed by atoms with van der Waals surface area (Å²) in [7, 11) is 0. The largest absolute Gasteiger partial charge is 0.327 e. The molecule has 4 rings (SSSR count). The van der Waals surface area contributed by atoms with Crippen LogP contribution < -0.4 is 5.73 Å². The molecule has 0 fully saturated rings. The Hall–Kier alpha value is -3.20. The van der Waals surface area contributed by atoms with Crippen molar-refractivity contribution >= 4 is 5.91 Å². The third-order valence-electron chi connectivity index (χ3n) is 6.06. The first kappa shape index (κ1) is 26.4. The molecule has 0 aliphatic carbocycles. The van der Waals surface area contributed by atoms with Crippen LogP contribution in [0.2, 0.25) is 0 Å². The molecule has 1 aliphatic rings. The molecule has 3 aromatic rings. The number of hydrogen-bond acceptors (Lipinski definition) is 3. The zero-order valence-electron chi connectivity index (χ0n) is 20.5. The van der Waals surface area contributed by atoms with Gasteiger partial charge in [-0.15, -0.1) is 0 Å². The number of carbonyl (C=O) groups excluding carboxylic acids is 1. The van der Waals surface area contributed by atoms with Crippen LogP contribution in [0.25, 0.3) is 11.3 Å². The highest BCUT2D eigenvalue weighted by Gasteiger charge is 2.41. The van der Waals surface area contributed by atoms with Crippen molar-refractivity contribution in [2.75, 3.05) is 13.1 Å². The van der Waals surface area contributed by atoms with Gasteiger partial charge in [0.1, 0.15) is 17.5 Å². The van der Waals surface area contributed by atoms with E-state index in [0.717, 1.165) is 11.6 Å². The van der Waals surface area contributed by atoms with Crippen LogP contribution in [0.5, 0.6) is 0 Å². The maximum absolute atomic E-state index is 14.5. The van der Waals surface area contributed by atoms with Gasteiger partial charge >= 0.3 is 0 Å². The van der Waals surface area contributed by atoms with Crippen molar-refractivity contribution < 1.29 is 22.4 Å². The highest BCUT2D eigenvalue weighted by molar-refractivity contribution is 5.79. The van der Waals surface area contributed by atoms with Crippen molar-refractivity contribution in [3.8, 4) is 11.3 Å². The first-order valence-electron chi connectivity index (χ1n) is 11.4. The van der Waals surface area contributed by atoms with Gasteiger partial charge in [0.25, 0.3) is 0 Å². The maximum atomic E-state index is 14.5.